The van der Waals surface area contributed by atoms with E-state index in [0.717, 1.165) is 12.8 Å². The van der Waals surface area contributed by atoms with Gasteiger partial charge in [0.1, 0.15) is 17.3 Å². The Balaban J connectivity index is 1.80. The van der Waals surface area contributed by atoms with Gasteiger partial charge in [-0.2, -0.15) is 0 Å². The Labute approximate surface area is 163 Å². The van der Waals surface area contributed by atoms with Crippen LogP contribution in [-0.2, 0) is 14.6 Å². The molecule has 1 amide bonds. The van der Waals surface area contributed by atoms with E-state index in [-0.39, 0.29) is 5.89 Å². The van der Waals surface area contributed by atoms with Crippen LogP contribution in [0, 0.1) is 5.92 Å². The molecule has 1 aliphatic rings. The molecule has 0 spiro atoms. The molecule has 10 heteroatoms. The van der Waals surface area contributed by atoms with Crippen LogP contribution >= 0.6 is 0 Å². The molecular formula is C18H23N3O6S. The van der Waals surface area contributed by atoms with Crippen LogP contribution in [0.5, 0.6) is 11.5 Å². The second-order valence-electron chi connectivity index (χ2n) is 6.82. The largest absolute Gasteiger partial charge is 0.497 e. The number of sulfone groups is 1. The molecule has 1 aliphatic heterocycles. The smallest absolute Gasteiger partial charge is 0.336 e. The molecule has 0 bridgehead atoms. The van der Waals surface area contributed by atoms with Crippen LogP contribution in [0.15, 0.2) is 27.8 Å². The molecule has 9 nitrogen and oxygen atoms in total. The summed E-state index contributed by atoms with van der Waals surface area (Å²) in [6, 6.07) is 4.90. The highest BCUT2D eigenvalue weighted by Gasteiger charge is 2.30. The number of likely N-dealkylation sites (tertiary alicyclic amines) is 1. The van der Waals surface area contributed by atoms with Crippen molar-refractivity contribution in [1.29, 1.82) is 0 Å². The van der Waals surface area contributed by atoms with Gasteiger partial charge in [0, 0.05) is 24.7 Å². The van der Waals surface area contributed by atoms with Gasteiger partial charge in [0.05, 0.1) is 14.2 Å². The number of benzene rings is 1. The molecule has 1 atom stereocenters. The minimum atomic E-state index is -4.04. The third-order valence-electron chi connectivity index (χ3n) is 4.59. The van der Waals surface area contributed by atoms with Crippen molar-refractivity contribution in [2.24, 2.45) is 5.92 Å². The fourth-order valence-electron chi connectivity index (χ4n) is 3.11. The monoisotopic (exact) mass is 409 g/mol. The normalized spacial score (nSPS) is 17.4. The van der Waals surface area contributed by atoms with Gasteiger partial charge in [-0.25, -0.2) is 8.42 Å². The van der Waals surface area contributed by atoms with E-state index >= 15 is 0 Å². The fourth-order valence-corrected chi connectivity index (χ4v) is 4.12. The Morgan fingerprint density at radius 3 is 2.50 bits per heavy atom. The van der Waals surface area contributed by atoms with Gasteiger partial charge in [0.15, 0.2) is 0 Å². The van der Waals surface area contributed by atoms with E-state index in [4.69, 9.17) is 13.9 Å². The van der Waals surface area contributed by atoms with E-state index in [0.29, 0.717) is 36.1 Å². The first-order valence-corrected chi connectivity index (χ1v) is 10.5. The Morgan fingerprint density at radius 1 is 1.21 bits per heavy atom. The lowest BCUT2D eigenvalue weighted by Crippen LogP contribution is -2.42. The summed E-state index contributed by atoms with van der Waals surface area (Å²) in [7, 11) is -1.05. The van der Waals surface area contributed by atoms with E-state index in [1.807, 2.05) is 6.92 Å². The molecule has 1 unspecified atom stereocenters. The standard InChI is InChI=1S/C18H23N3O6S/c1-12-5-4-6-21(10-12)16(22)11-28(23,24)18-20-19-17(27-18)13-7-14(25-2)9-15(8-13)26-3/h7-9,12H,4-6,10-11H2,1-3H3. The highest BCUT2D eigenvalue weighted by Crippen LogP contribution is 2.29. The van der Waals surface area contributed by atoms with Crippen LogP contribution in [0.1, 0.15) is 19.8 Å². The summed E-state index contributed by atoms with van der Waals surface area (Å²) in [6.45, 7) is 3.17. The number of hydrogen-bond acceptors (Lipinski definition) is 8. The van der Waals surface area contributed by atoms with Crippen molar-refractivity contribution >= 4 is 15.7 Å². The maximum atomic E-state index is 12.6. The van der Waals surface area contributed by atoms with E-state index in [2.05, 4.69) is 10.2 Å². The number of carbonyl (C=O) groups is 1. The summed E-state index contributed by atoms with van der Waals surface area (Å²) in [4.78, 5) is 14.0. The minimum absolute atomic E-state index is 0.00480. The average molecular weight is 409 g/mol. The number of carbonyl (C=O) groups excluding carboxylic acids is 1. The molecule has 0 radical (unpaired) electrons. The lowest BCUT2D eigenvalue weighted by atomic mass is 10.0. The molecule has 1 saturated heterocycles. The van der Waals surface area contributed by atoms with Crippen molar-refractivity contribution < 1.29 is 27.1 Å². The fraction of sp³-hybridized carbons (Fsp3) is 0.500. The highest BCUT2D eigenvalue weighted by molar-refractivity contribution is 7.91. The summed E-state index contributed by atoms with van der Waals surface area (Å²) >= 11 is 0. The Kier molecular flexibility index (Phi) is 5.87. The van der Waals surface area contributed by atoms with Crippen LogP contribution < -0.4 is 9.47 Å². The Hall–Kier alpha value is -2.62. The molecule has 1 fully saturated rings. The van der Waals surface area contributed by atoms with Gasteiger partial charge in [-0.05, 0) is 30.9 Å². The summed E-state index contributed by atoms with van der Waals surface area (Å²) in [5.74, 6) is 0.198. The number of hydrogen-bond donors (Lipinski definition) is 0. The molecule has 152 valence electrons. The number of nitrogens with zero attached hydrogens (tertiary/aromatic N) is 3. The summed E-state index contributed by atoms with van der Waals surface area (Å²) in [5.41, 5.74) is 0.446. The van der Waals surface area contributed by atoms with Gasteiger partial charge in [-0.15, -0.1) is 5.10 Å². The van der Waals surface area contributed by atoms with Crippen molar-refractivity contribution in [1.82, 2.24) is 15.1 Å². The van der Waals surface area contributed by atoms with Gasteiger partial charge < -0.3 is 18.8 Å². The van der Waals surface area contributed by atoms with Gasteiger partial charge in [0.25, 0.3) is 0 Å². The quantitative estimate of drug-likeness (QED) is 0.710. The number of rotatable bonds is 6. The first-order valence-electron chi connectivity index (χ1n) is 8.90. The maximum Gasteiger partial charge on any atom is 0.336 e. The van der Waals surface area contributed by atoms with E-state index in [9.17, 15) is 13.2 Å². The average Bonchev–Trinajstić information content (AvgIpc) is 3.18. The van der Waals surface area contributed by atoms with Crippen LogP contribution in [0.2, 0.25) is 0 Å². The molecule has 0 saturated carbocycles. The molecule has 2 aromatic rings. The number of piperidine rings is 1. The number of methoxy groups -OCH3 is 2. The minimum Gasteiger partial charge on any atom is -0.497 e. The predicted molar refractivity (Wildman–Crippen MR) is 99.9 cm³/mol. The zero-order chi connectivity index (χ0) is 20.3. The first kappa shape index (κ1) is 20.1. The molecule has 0 N–H and O–H groups in total. The predicted octanol–water partition coefficient (Wildman–Crippen LogP) is 1.79. The molecule has 1 aromatic heterocycles. The van der Waals surface area contributed by atoms with Crippen molar-refractivity contribution in [3.05, 3.63) is 18.2 Å². The van der Waals surface area contributed by atoms with Crippen molar-refractivity contribution in [3.63, 3.8) is 0 Å². The SMILES string of the molecule is COc1cc(OC)cc(-c2nnc(S(=O)(=O)CC(=O)N3CCCC(C)C3)o2)c1. The third-order valence-corrected chi connectivity index (χ3v) is 5.92. The summed E-state index contributed by atoms with van der Waals surface area (Å²) in [5, 5.41) is 6.85. The van der Waals surface area contributed by atoms with E-state index in [1.54, 1.807) is 23.1 Å². The Bertz CT molecular complexity index is 934. The molecule has 3 rings (SSSR count). The lowest BCUT2D eigenvalue weighted by molar-refractivity contribution is -0.130. The Morgan fingerprint density at radius 2 is 1.89 bits per heavy atom. The van der Waals surface area contributed by atoms with Gasteiger partial charge in [0.2, 0.25) is 21.6 Å². The first-order chi connectivity index (χ1) is 13.3. The number of ether oxygens (including phenoxy) is 2. The van der Waals surface area contributed by atoms with E-state index < -0.39 is 26.7 Å². The number of aromatic nitrogens is 2. The van der Waals surface area contributed by atoms with Crippen molar-refractivity contribution in [3.8, 4) is 23.0 Å². The molecule has 2 heterocycles. The zero-order valence-corrected chi connectivity index (χ0v) is 16.9. The van der Waals surface area contributed by atoms with Crippen LogP contribution in [0.25, 0.3) is 11.5 Å². The van der Waals surface area contributed by atoms with Crippen molar-refractivity contribution in [2.45, 2.75) is 25.0 Å². The summed E-state index contributed by atoms with van der Waals surface area (Å²) in [6.07, 6.45) is 1.91. The van der Waals surface area contributed by atoms with Gasteiger partial charge >= 0.3 is 5.22 Å². The number of amides is 1. The molecule has 28 heavy (non-hydrogen) atoms. The molecular weight excluding hydrogens is 386 g/mol. The van der Waals surface area contributed by atoms with Crippen LogP contribution in [0.4, 0.5) is 0 Å². The topological polar surface area (TPSA) is 112 Å². The second-order valence-corrected chi connectivity index (χ2v) is 8.69. The van der Waals surface area contributed by atoms with Crippen LogP contribution in [-0.4, -0.2) is 62.5 Å². The summed E-state index contributed by atoms with van der Waals surface area (Å²) < 4.78 is 40.8. The molecule has 0 aliphatic carbocycles. The van der Waals surface area contributed by atoms with Crippen LogP contribution in [0.3, 0.4) is 0 Å². The van der Waals surface area contributed by atoms with Gasteiger partial charge in [-0.3, -0.25) is 4.79 Å². The zero-order valence-electron chi connectivity index (χ0n) is 16.0. The highest BCUT2D eigenvalue weighted by atomic mass is 32.2. The van der Waals surface area contributed by atoms with Crippen molar-refractivity contribution in [2.75, 3.05) is 33.1 Å². The van der Waals surface area contributed by atoms with Gasteiger partial charge in [-0.1, -0.05) is 12.0 Å². The lowest BCUT2D eigenvalue weighted by Gasteiger charge is -2.30. The second kappa shape index (κ2) is 8.17. The molecule has 1 aromatic carbocycles. The van der Waals surface area contributed by atoms with E-state index in [1.165, 1.54) is 14.2 Å². The maximum absolute atomic E-state index is 12.6. The third kappa shape index (κ3) is 4.44.